The van der Waals surface area contributed by atoms with Gasteiger partial charge in [-0.05, 0) is 56.2 Å². The summed E-state index contributed by atoms with van der Waals surface area (Å²) in [5, 5.41) is 0. The molecule has 0 bridgehead atoms. The van der Waals surface area contributed by atoms with Crippen LogP contribution >= 0.6 is 0 Å². The average molecular weight is 360 g/mol. The number of nitrogens with zero attached hydrogens (tertiary/aromatic N) is 2. The number of rotatable bonds is 6. The molecule has 0 heterocycles. The van der Waals surface area contributed by atoms with Gasteiger partial charge >= 0.3 is 5.97 Å². The number of halogens is 2. The van der Waals surface area contributed by atoms with E-state index in [4.69, 9.17) is 4.74 Å². The summed E-state index contributed by atoms with van der Waals surface area (Å²) in [7, 11) is 1.92. The zero-order chi connectivity index (χ0) is 19.3. The van der Waals surface area contributed by atoms with Crippen molar-refractivity contribution in [2.24, 2.45) is 4.99 Å². The van der Waals surface area contributed by atoms with E-state index in [0.717, 1.165) is 35.5 Å². The molecule has 0 atom stereocenters. The number of aliphatic imine (C=N–C) groups is 1. The quantitative estimate of drug-likeness (QED) is 0.431. The highest BCUT2D eigenvalue weighted by Crippen LogP contribution is 2.25. The first kappa shape index (κ1) is 19.6. The number of ether oxygens (including phenoxy) is 1. The molecule has 0 aliphatic heterocycles. The van der Waals surface area contributed by atoms with Gasteiger partial charge in [-0.2, -0.15) is 0 Å². The van der Waals surface area contributed by atoms with Gasteiger partial charge in [-0.25, -0.2) is 18.6 Å². The van der Waals surface area contributed by atoms with Gasteiger partial charge in [-0.3, -0.25) is 0 Å². The molecule has 2 aromatic rings. The Hall–Kier alpha value is -2.76. The Balaban J connectivity index is 2.17. The molecule has 0 amide bonds. The summed E-state index contributed by atoms with van der Waals surface area (Å²) >= 11 is 0. The predicted molar refractivity (Wildman–Crippen MR) is 97.8 cm³/mol. The number of benzene rings is 2. The van der Waals surface area contributed by atoms with Gasteiger partial charge in [0.25, 0.3) is 0 Å². The van der Waals surface area contributed by atoms with Gasteiger partial charge in [-0.15, -0.1) is 0 Å². The van der Waals surface area contributed by atoms with Crippen LogP contribution < -0.4 is 0 Å². The van der Waals surface area contributed by atoms with Gasteiger partial charge < -0.3 is 9.64 Å². The van der Waals surface area contributed by atoms with Crippen LogP contribution in [0.3, 0.4) is 0 Å². The highest BCUT2D eigenvalue weighted by Gasteiger charge is 2.16. The van der Waals surface area contributed by atoms with E-state index >= 15 is 0 Å². The van der Waals surface area contributed by atoms with Crippen LogP contribution in [0.1, 0.15) is 34.0 Å². The first-order valence-electron chi connectivity index (χ1n) is 8.29. The maximum absolute atomic E-state index is 13.6. The first-order chi connectivity index (χ1) is 12.3. The Morgan fingerprint density at radius 3 is 2.42 bits per heavy atom. The highest BCUT2D eigenvalue weighted by molar-refractivity contribution is 5.92. The normalized spacial score (nSPS) is 11.0. The van der Waals surface area contributed by atoms with Crippen LogP contribution in [-0.2, 0) is 11.3 Å². The smallest absolute Gasteiger partial charge is 0.338 e. The van der Waals surface area contributed by atoms with Crippen molar-refractivity contribution in [3.63, 3.8) is 0 Å². The maximum atomic E-state index is 13.6. The Labute approximate surface area is 152 Å². The van der Waals surface area contributed by atoms with E-state index in [1.165, 1.54) is 6.07 Å². The van der Waals surface area contributed by atoms with Crippen molar-refractivity contribution in [3.05, 3.63) is 64.2 Å². The van der Waals surface area contributed by atoms with Crippen molar-refractivity contribution >= 4 is 18.0 Å². The van der Waals surface area contributed by atoms with Crippen molar-refractivity contribution in [2.75, 3.05) is 13.6 Å². The second kappa shape index (κ2) is 8.56. The molecule has 0 unspecified atom stereocenters. The van der Waals surface area contributed by atoms with Gasteiger partial charge in [-0.1, -0.05) is 6.07 Å². The molecule has 2 aromatic carbocycles. The fourth-order valence-electron chi connectivity index (χ4n) is 2.30. The Bertz CT molecular complexity index is 815. The summed E-state index contributed by atoms with van der Waals surface area (Å²) in [6.45, 7) is 6.04. The molecule has 138 valence electrons. The van der Waals surface area contributed by atoms with E-state index in [0.29, 0.717) is 5.56 Å². The van der Waals surface area contributed by atoms with Gasteiger partial charge in [0, 0.05) is 13.6 Å². The predicted octanol–water partition coefficient (Wildman–Crippen LogP) is 4.55. The summed E-state index contributed by atoms with van der Waals surface area (Å²) in [5.74, 6) is -2.11. The van der Waals surface area contributed by atoms with Crippen LogP contribution in [-0.4, -0.2) is 30.8 Å². The van der Waals surface area contributed by atoms with E-state index in [2.05, 4.69) is 4.99 Å². The van der Waals surface area contributed by atoms with Crippen LogP contribution in [0.15, 0.2) is 35.3 Å². The lowest BCUT2D eigenvalue weighted by molar-refractivity contribution is 0.0464. The molecular formula is C20H22F2N2O2. The zero-order valence-corrected chi connectivity index (χ0v) is 15.3. The van der Waals surface area contributed by atoms with Crippen LogP contribution in [0.2, 0.25) is 0 Å². The lowest BCUT2D eigenvalue weighted by Gasteiger charge is -2.13. The molecule has 0 N–H and O–H groups in total. The van der Waals surface area contributed by atoms with E-state index in [1.807, 2.05) is 25.8 Å². The third-order valence-corrected chi connectivity index (χ3v) is 4.28. The average Bonchev–Trinajstić information content (AvgIpc) is 2.62. The number of hydrogen-bond donors (Lipinski definition) is 0. The summed E-state index contributed by atoms with van der Waals surface area (Å²) in [6, 6.07) is 6.85. The molecular weight excluding hydrogens is 338 g/mol. The fourth-order valence-corrected chi connectivity index (χ4v) is 2.30. The standard InChI is InChI=1S/C20H22F2N2O2/c1-5-24(4)12-23-19-10-9-15(13(2)14(19)3)20(25)26-11-16-17(21)7-6-8-18(16)22/h6-10,12H,5,11H2,1-4H3. The lowest BCUT2D eigenvalue weighted by atomic mass is 10.0. The van der Waals surface area contributed by atoms with E-state index in [1.54, 1.807) is 25.4 Å². The topological polar surface area (TPSA) is 41.9 Å². The first-order valence-corrected chi connectivity index (χ1v) is 8.29. The Morgan fingerprint density at radius 1 is 1.15 bits per heavy atom. The molecule has 0 saturated carbocycles. The van der Waals surface area contributed by atoms with Crippen molar-refractivity contribution in [2.45, 2.75) is 27.4 Å². The molecule has 0 saturated heterocycles. The summed E-state index contributed by atoms with van der Waals surface area (Å²) in [6.07, 6.45) is 1.72. The number of hydrogen-bond acceptors (Lipinski definition) is 3. The van der Waals surface area contributed by atoms with E-state index in [-0.39, 0.29) is 5.56 Å². The summed E-state index contributed by atoms with van der Waals surface area (Å²) in [5.41, 5.74) is 2.40. The second-order valence-electron chi connectivity index (χ2n) is 5.98. The zero-order valence-electron chi connectivity index (χ0n) is 15.3. The fraction of sp³-hybridized carbons (Fsp3) is 0.300. The molecule has 0 spiro atoms. The molecule has 26 heavy (non-hydrogen) atoms. The van der Waals surface area contributed by atoms with Crippen molar-refractivity contribution in [3.8, 4) is 0 Å². The van der Waals surface area contributed by atoms with Crippen molar-refractivity contribution in [1.82, 2.24) is 4.90 Å². The molecule has 6 heteroatoms. The summed E-state index contributed by atoms with van der Waals surface area (Å²) < 4.78 is 32.4. The largest absolute Gasteiger partial charge is 0.457 e. The minimum atomic E-state index is -0.740. The maximum Gasteiger partial charge on any atom is 0.338 e. The summed E-state index contributed by atoms with van der Waals surface area (Å²) in [4.78, 5) is 18.7. The molecule has 0 radical (unpaired) electrons. The molecule has 0 fully saturated rings. The second-order valence-corrected chi connectivity index (χ2v) is 5.98. The minimum absolute atomic E-state index is 0.265. The van der Waals surface area contributed by atoms with Gasteiger partial charge in [0.05, 0.1) is 23.2 Å². The molecule has 0 aliphatic carbocycles. The monoisotopic (exact) mass is 360 g/mol. The van der Waals surface area contributed by atoms with Crippen molar-refractivity contribution < 1.29 is 18.3 Å². The Kier molecular flexibility index (Phi) is 6.44. The number of esters is 1. The molecule has 0 aromatic heterocycles. The van der Waals surface area contributed by atoms with Crippen LogP contribution in [0, 0.1) is 25.5 Å². The number of carbonyl (C=O) groups is 1. The SMILES string of the molecule is CCN(C)C=Nc1ccc(C(=O)OCc2c(F)cccc2F)c(C)c1C. The third kappa shape index (κ3) is 4.45. The highest BCUT2D eigenvalue weighted by atomic mass is 19.1. The van der Waals surface area contributed by atoms with Crippen LogP contribution in [0.5, 0.6) is 0 Å². The van der Waals surface area contributed by atoms with Crippen LogP contribution in [0.4, 0.5) is 14.5 Å². The third-order valence-electron chi connectivity index (χ3n) is 4.28. The lowest BCUT2D eigenvalue weighted by Crippen LogP contribution is -2.14. The molecule has 2 rings (SSSR count). The number of carbonyl (C=O) groups excluding carboxylic acids is 1. The van der Waals surface area contributed by atoms with Gasteiger partial charge in [0.15, 0.2) is 0 Å². The van der Waals surface area contributed by atoms with Crippen LogP contribution in [0.25, 0.3) is 0 Å². The minimum Gasteiger partial charge on any atom is -0.457 e. The van der Waals surface area contributed by atoms with E-state index < -0.39 is 24.2 Å². The molecule has 4 nitrogen and oxygen atoms in total. The van der Waals surface area contributed by atoms with E-state index in [9.17, 15) is 13.6 Å². The van der Waals surface area contributed by atoms with Gasteiger partial charge in [0.1, 0.15) is 18.2 Å². The van der Waals surface area contributed by atoms with Gasteiger partial charge in [0.2, 0.25) is 0 Å². The Morgan fingerprint density at radius 2 is 1.81 bits per heavy atom. The van der Waals surface area contributed by atoms with Crippen molar-refractivity contribution in [1.29, 1.82) is 0 Å². The molecule has 0 aliphatic rings.